The first kappa shape index (κ1) is 16.5. The summed E-state index contributed by atoms with van der Waals surface area (Å²) in [6.45, 7) is 1.18. The van der Waals surface area contributed by atoms with Crippen LogP contribution in [0.4, 0.5) is 0 Å². The molecule has 0 aromatic heterocycles. The maximum atomic E-state index is 12.6. The largest absolute Gasteiger partial charge is 0.303 e. The number of nitrogens with zero attached hydrogens (tertiary/aromatic N) is 1. The van der Waals surface area contributed by atoms with E-state index in [4.69, 9.17) is 11.6 Å². The van der Waals surface area contributed by atoms with Crippen molar-refractivity contribution in [3.05, 3.63) is 28.8 Å². The standard InChI is InChI=1S/C15H20ClNO3S/c16-15-8-7-14(12-13(15)6-2-5-11-18)21(19,20)17-9-3-1-4-10-17/h7-8,11-12H,1-6,9-10H2. The van der Waals surface area contributed by atoms with E-state index in [0.717, 1.165) is 31.1 Å². The molecule has 6 heteroatoms. The van der Waals surface area contributed by atoms with E-state index in [-0.39, 0.29) is 0 Å². The van der Waals surface area contributed by atoms with Gasteiger partial charge in [0.25, 0.3) is 0 Å². The fourth-order valence-electron chi connectivity index (χ4n) is 2.53. The third-order valence-electron chi connectivity index (χ3n) is 3.74. The topological polar surface area (TPSA) is 54.5 Å². The van der Waals surface area contributed by atoms with Crippen LogP contribution in [0.5, 0.6) is 0 Å². The van der Waals surface area contributed by atoms with Gasteiger partial charge in [0.05, 0.1) is 4.90 Å². The lowest BCUT2D eigenvalue weighted by atomic mass is 10.1. The lowest BCUT2D eigenvalue weighted by Crippen LogP contribution is -2.35. The SMILES string of the molecule is O=CCCCc1cc(S(=O)(=O)N2CCCCC2)ccc1Cl. The molecule has 116 valence electrons. The number of carbonyl (C=O) groups is 1. The average Bonchev–Trinajstić information content (AvgIpc) is 2.50. The first-order valence-corrected chi connectivity index (χ1v) is 9.10. The van der Waals surface area contributed by atoms with Crippen LogP contribution in [-0.2, 0) is 21.2 Å². The van der Waals surface area contributed by atoms with Crippen molar-refractivity contribution >= 4 is 27.9 Å². The lowest BCUT2D eigenvalue weighted by molar-refractivity contribution is -0.107. The van der Waals surface area contributed by atoms with Crippen molar-refractivity contribution in [2.24, 2.45) is 0 Å². The van der Waals surface area contributed by atoms with Crippen molar-refractivity contribution in [2.45, 2.75) is 43.4 Å². The molecule has 1 saturated heterocycles. The van der Waals surface area contributed by atoms with Gasteiger partial charge in [-0.25, -0.2) is 8.42 Å². The molecule has 0 spiro atoms. The summed E-state index contributed by atoms with van der Waals surface area (Å²) in [6.07, 6.45) is 5.53. The number of benzene rings is 1. The molecule has 0 atom stereocenters. The summed E-state index contributed by atoms with van der Waals surface area (Å²) in [6, 6.07) is 4.85. The summed E-state index contributed by atoms with van der Waals surface area (Å²) in [5.74, 6) is 0. The number of rotatable bonds is 6. The summed E-state index contributed by atoms with van der Waals surface area (Å²) in [5, 5.41) is 0.554. The van der Waals surface area contributed by atoms with Crippen molar-refractivity contribution in [1.29, 1.82) is 0 Å². The minimum Gasteiger partial charge on any atom is -0.303 e. The zero-order valence-corrected chi connectivity index (χ0v) is 13.5. The van der Waals surface area contributed by atoms with Crippen LogP contribution in [0.2, 0.25) is 5.02 Å². The van der Waals surface area contributed by atoms with Gasteiger partial charge in [0.15, 0.2) is 0 Å². The monoisotopic (exact) mass is 329 g/mol. The van der Waals surface area contributed by atoms with Crippen molar-refractivity contribution < 1.29 is 13.2 Å². The molecule has 1 aromatic carbocycles. The highest BCUT2D eigenvalue weighted by Gasteiger charge is 2.26. The minimum absolute atomic E-state index is 0.301. The fourth-order valence-corrected chi connectivity index (χ4v) is 4.31. The normalized spacial score (nSPS) is 16.8. The Kier molecular flexibility index (Phi) is 5.79. The Hall–Kier alpha value is -0.910. The molecular formula is C15H20ClNO3S. The molecule has 0 radical (unpaired) electrons. The highest BCUT2D eigenvalue weighted by molar-refractivity contribution is 7.89. The van der Waals surface area contributed by atoms with Crippen LogP contribution in [0.15, 0.2) is 23.1 Å². The van der Waals surface area contributed by atoms with Gasteiger partial charge in [-0.3, -0.25) is 0 Å². The molecule has 1 heterocycles. The molecule has 0 aliphatic carbocycles. The predicted molar refractivity (Wildman–Crippen MR) is 83.1 cm³/mol. The smallest absolute Gasteiger partial charge is 0.243 e. The van der Waals surface area contributed by atoms with Crippen molar-refractivity contribution in [3.63, 3.8) is 0 Å². The van der Waals surface area contributed by atoms with Crippen molar-refractivity contribution in [3.8, 4) is 0 Å². The maximum Gasteiger partial charge on any atom is 0.243 e. The predicted octanol–water partition coefficient (Wildman–Crippen LogP) is 3.04. The van der Waals surface area contributed by atoms with Crippen molar-refractivity contribution in [2.75, 3.05) is 13.1 Å². The first-order valence-electron chi connectivity index (χ1n) is 7.28. The summed E-state index contributed by atoms with van der Waals surface area (Å²) in [4.78, 5) is 10.7. The summed E-state index contributed by atoms with van der Waals surface area (Å²) >= 11 is 6.11. The summed E-state index contributed by atoms with van der Waals surface area (Å²) in [5.41, 5.74) is 0.789. The number of unbranched alkanes of at least 4 members (excludes halogenated alkanes) is 1. The average molecular weight is 330 g/mol. The minimum atomic E-state index is -3.43. The molecule has 0 bridgehead atoms. The molecule has 0 unspecified atom stereocenters. The third kappa shape index (κ3) is 4.05. The van der Waals surface area contributed by atoms with Gasteiger partial charge in [0.1, 0.15) is 6.29 Å². The van der Waals surface area contributed by atoms with Gasteiger partial charge >= 0.3 is 0 Å². The molecule has 0 N–H and O–H groups in total. The van der Waals surface area contributed by atoms with Gasteiger partial charge < -0.3 is 4.79 Å². The second-order valence-corrected chi connectivity index (χ2v) is 7.62. The Morgan fingerprint density at radius 2 is 1.90 bits per heavy atom. The van der Waals surface area contributed by atoms with E-state index in [1.165, 1.54) is 0 Å². The van der Waals surface area contributed by atoms with E-state index in [1.807, 2.05) is 0 Å². The van der Waals surface area contributed by atoms with Crippen LogP contribution in [-0.4, -0.2) is 32.1 Å². The first-order chi connectivity index (χ1) is 10.1. The summed E-state index contributed by atoms with van der Waals surface area (Å²) < 4.78 is 26.8. The summed E-state index contributed by atoms with van der Waals surface area (Å²) in [7, 11) is -3.43. The molecule has 4 nitrogen and oxygen atoms in total. The van der Waals surface area contributed by atoms with Crippen LogP contribution in [0.25, 0.3) is 0 Å². The quantitative estimate of drug-likeness (QED) is 0.595. The van der Waals surface area contributed by atoms with Gasteiger partial charge in [0, 0.05) is 24.5 Å². The molecule has 0 saturated carbocycles. The molecule has 2 rings (SSSR count). The van der Waals surface area contributed by atoms with E-state index < -0.39 is 10.0 Å². The Morgan fingerprint density at radius 3 is 2.57 bits per heavy atom. The number of sulfonamides is 1. The van der Waals surface area contributed by atoms with Gasteiger partial charge in [-0.2, -0.15) is 4.31 Å². The zero-order chi connectivity index (χ0) is 15.3. The number of piperidine rings is 1. The second kappa shape index (κ2) is 7.38. The molecule has 1 aliphatic rings. The number of hydrogen-bond acceptors (Lipinski definition) is 3. The van der Waals surface area contributed by atoms with Crippen LogP contribution < -0.4 is 0 Å². The number of aldehydes is 1. The molecule has 1 fully saturated rings. The van der Waals surface area contributed by atoms with E-state index in [9.17, 15) is 13.2 Å². The second-order valence-electron chi connectivity index (χ2n) is 5.28. The van der Waals surface area contributed by atoms with E-state index >= 15 is 0 Å². The Morgan fingerprint density at radius 1 is 1.19 bits per heavy atom. The molecule has 1 aliphatic heterocycles. The third-order valence-corrected chi connectivity index (χ3v) is 6.00. The maximum absolute atomic E-state index is 12.6. The number of halogens is 1. The van der Waals surface area contributed by atoms with Gasteiger partial charge in [0.2, 0.25) is 10.0 Å². The molecule has 1 aromatic rings. The van der Waals surface area contributed by atoms with Gasteiger partial charge in [-0.1, -0.05) is 18.0 Å². The number of aryl methyl sites for hydroxylation is 1. The van der Waals surface area contributed by atoms with Crippen molar-refractivity contribution in [1.82, 2.24) is 4.31 Å². The lowest BCUT2D eigenvalue weighted by Gasteiger charge is -2.26. The van der Waals surface area contributed by atoms with E-state index in [1.54, 1.807) is 22.5 Å². The molecule has 21 heavy (non-hydrogen) atoms. The van der Waals surface area contributed by atoms with Gasteiger partial charge in [-0.05, 0) is 49.4 Å². The van der Waals surface area contributed by atoms with Crippen LogP contribution in [0.1, 0.15) is 37.7 Å². The number of hydrogen-bond donors (Lipinski definition) is 0. The van der Waals surface area contributed by atoms with Crippen LogP contribution in [0, 0.1) is 0 Å². The highest BCUT2D eigenvalue weighted by atomic mass is 35.5. The zero-order valence-electron chi connectivity index (χ0n) is 11.9. The van der Waals surface area contributed by atoms with Crippen LogP contribution >= 0.6 is 11.6 Å². The van der Waals surface area contributed by atoms with Crippen LogP contribution in [0.3, 0.4) is 0 Å². The molecule has 0 amide bonds. The highest BCUT2D eigenvalue weighted by Crippen LogP contribution is 2.25. The fraction of sp³-hybridized carbons (Fsp3) is 0.533. The molecular weight excluding hydrogens is 310 g/mol. The van der Waals surface area contributed by atoms with Gasteiger partial charge in [-0.15, -0.1) is 0 Å². The Balaban J connectivity index is 2.22. The Bertz CT molecular complexity index is 595. The van der Waals surface area contributed by atoms with E-state index in [0.29, 0.717) is 42.3 Å². The number of carbonyl (C=O) groups excluding carboxylic acids is 1. The van der Waals surface area contributed by atoms with E-state index in [2.05, 4.69) is 0 Å². The Labute approximate surface area is 131 Å².